The maximum Gasteiger partial charge on any atom is 0.248 e. The van der Waals surface area contributed by atoms with E-state index in [1.807, 2.05) is 41.3 Å². The summed E-state index contributed by atoms with van der Waals surface area (Å²) in [5, 5.41) is 13.5. The molecule has 4 rings (SSSR count). The Labute approximate surface area is 192 Å². The van der Waals surface area contributed by atoms with E-state index >= 15 is 0 Å². The number of amides is 1. The summed E-state index contributed by atoms with van der Waals surface area (Å²) in [6.07, 6.45) is 9.93. The summed E-state index contributed by atoms with van der Waals surface area (Å²) in [6.45, 7) is 2.56. The van der Waals surface area contributed by atoms with Gasteiger partial charge in [0.25, 0.3) is 0 Å². The van der Waals surface area contributed by atoms with Crippen LogP contribution >= 0.6 is 11.6 Å². The number of anilines is 2. The first-order valence-corrected chi connectivity index (χ1v) is 11.0. The summed E-state index contributed by atoms with van der Waals surface area (Å²) in [4.78, 5) is 22.5. The minimum absolute atomic E-state index is 0.246. The number of carbonyl (C=O) groups is 1. The molecule has 2 aromatic heterocycles. The number of rotatable bonds is 8. The standard InChI is InChI=1S/C25H25ClN4O2/c1-17(31)30(16-19-4-5-19)24-10-7-20(13-22(24)26)23-9-8-21(15-28-23)29-25(32)11-6-18-3-2-12-27-14-18/h2-3,6-15,17,19,31H,4-5,16H2,1H3,(H,29,32)/b11-6+. The molecule has 32 heavy (non-hydrogen) atoms. The van der Waals surface area contributed by atoms with E-state index in [9.17, 15) is 9.90 Å². The molecule has 1 fully saturated rings. The van der Waals surface area contributed by atoms with Gasteiger partial charge in [0.2, 0.25) is 5.91 Å². The Hall–Kier alpha value is -3.22. The lowest BCUT2D eigenvalue weighted by atomic mass is 10.1. The highest BCUT2D eigenvalue weighted by Crippen LogP contribution is 2.36. The van der Waals surface area contributed by atoms with Crippen LogP contribution in [-0.4, -0.2) is 33.8 Å². The van der Waals surface area contributed by atoms with E-state index in [0.29, 0.717) is 16.6 Å². The van der Waals surface area contributed by atoms with Gasteiger partial charge in [-0.2, -0.15) is 0 Å². The number of halogens is 1. The summed E-state index contributed by atoms with van der Waals surface area (Å²) >= 11 is 6.56. The normalized spacial score (nSPS) is 14.3. The van der Waals surface area contributed by atoms with Crippen LogP contribution in [0.2, 0.25) is 5.02 Å². The summed E-state index contributed by atoms with van der Waals surface area (Å²) < 4.78 is 0. The fourth-order valence-electron chi connectivity index (χ4n) is 3.40. The van der Waals surface area contributed by atoms with E-state index in [0.717, 1.165) is 29.1 Å². The average Bonchev–Trinajstić information content (AvgIpc) is 3.62. The van der Waals surface area contributed by atoms with Crippen LogP contribution in [0.1, 0.15) is 25.3 Å². The Morgan fingerprint density at radius 1 is 1.28 bits per heavy atom. The molecule has 1 atom stereocenters. The van der Waals surface area contributed by atoms with Crippen molar-refractivity contribution < 1.29 is 9.90 Å². The fourth-order valence-corrected chi connectivity index (χ4v) is 3.69. The summed E-state index contributed by atoms with van der Waals surface area (Å²) in [6, 6.07) is 13.0. The third-order valence-corrected chi connectivity index (χ3v) is 5.60. The number of pyridine rings is 2. The molecule has 0 bridgehead atoms. The van der Waals surface area contributed by atoms with Gasteiger partial charge in [0, 0.05) is 30.6 Å². The fraction of sp³-hybridized carbons (Fsp3) is 0.240. The second kappa shape index (κ2) is 9.94. The van der Waals surface area contributed by atoms with Crippen LogP contribution in [0.25, 0.3) is 17.3 Å². The third-order valence-electron chi connectivity index (χ3n) is 5.30. The first kappa shape index (κ1) is 22.0. The molecule has 1 aliphatic rings. The SMILES string of the molecule is CC(O)N(CC1CC1)c1ccc(-c2ccc(NC(=O)/C=C/c3cccnc3)cn2)cc1Cl. The first-order chi connectivity index (χ1) is 15.5. The number of aromatic nitrogens is 2. The minimum atomic E-state index is -0.604. The van der Waals surface area contributed by atoms with Gasteiger partial charge in [0.1, 0.15) is 6.23 Å². The van der Waals surface area contributed by atoms with E-state index in [1.165, 1.54) is 18.9 Å². The molecule has 1 aromatic carbocycles. The van der Waals surface area contributed by atoms with Crippen LogP contribution in [0.4, 0.5) is 11.4 Å². The molecule has 0 spiro atoms. The highest BCUT2D eigenvalue weighted by Gasteiger charge is 2.27. The van der Waals surface area contributed by atoms with Gasteiger partial charge in [-0.05, 0) is 67.7 Å². The van der Waals surface area contributed by atoms with Gasteiger partial charge >= 0.3 is 0 Å². The number of carbonyl (C=O) groups excluding carboxylic acids is 1. The molecule has 2 heterocycles. The average molecular weight is 449 g/mol. The van der Waals surface area contributed by atoms with E-state index in [4.69, 9.17) is 11.6 Å². The highest BCUT2D eigenvalue weighted by molar-refractivity contribution is 6.33. The quantitative estimate of drug-likeness (QED) is 0.374. The second-order valence-electron chi connectivity index (χ2n) is 7.93. The van der Waals surface area contributed by atoms with Crippen molar-refractivity contribution in [3.8, 4) is 11.3 Å². The molecule has 1 aliphatic carbocycles. The molecule has 7 heteroatoms. The predicted molar refractivity (Wildman–Crippen MR) is 128 cm³/mol. The molecule has 2 N–H and O–H groups in total. The number of aliphatic hydroxyl groups excluding tert-OH is 1. The zero-order chi connectivity index (χ0) is 22.5. The lowest BCUT2D eigenvalue weighted by molar-refractivity contribution is -0.111. The van der Waals surface area contributed by atoms with Gasteiger partial charge in [0.05, 0.1) is 28.3 Å². The van der Waals surface area contributed by atoms with Crippen LogP contribution in [0.15, 0.2) is 67.1 Å². The second-order valence-corrected chi connectivity index (χ2v) is 8.34. The smallest absolute Gasteiger partial charge is 0.248 e. The highest BCUT2D eigenvalue weighted by atomic mass is 35.5. The van der Waals surface area contributed by atoms with Gasteiger partial charge in [0.15, 0.2) is 0 Å². The number of nitrogens with one attached hydrogen (secondary N) is 1. The van der Waals surface area contributed by atoms with E-state index in [2.05, 4.69) is 15.3 Å². The lowest BCUT2D eigenvalue weighted by Crippen LogP contribution is -2.34. The summed E-state index contributed by atoms with van der Waals surface area (Å²) in [5.41, 5.74) is 3.88. The number of hydrogen-bond acceptors (Lipinski definition) is 5. The van der Waals surface area contributed by atoms with Crippen LogP contribution in [0.5, 0.6) is 0 Å². The third kappa shape index (κ3) is 5.72. The van der Waals surface area contributed by atoms with Crippen molar-refractivity contribution in [3.63, 3.8) is 0 Å². The number of benzene rings is 1. The predicted octanol–water partition coefficient (Wildman–Crippen LogP) is 5.00. The molecule has 1 amide bonds. The summed E-state index contributed by atoms with van der Waals surface area (Å²) in [7, 11) is 0. The van der Waals surface area contributed by atoms with Crippen molar-refractivity contribution in [1.29, 1.82) is 0 Å². The molecule has 3 aromatic rings. The Balaban J connectivity index is 1.42. The molecule has 1 saturated carbocycles. The van der Waals surface area contributed by atoms with Crippen molar-refractivity contribution in [2.75, 3.05) is 16.8 Å². The van der Waals surface area contributed by atoms with Crippen LogP contribution in [-0.2, 0) is 4.79 Å². The number of hydrogen-bond donors (Lipinski definition) is 2. The van der Waals surface area contributed by atoms with Crippen LogP contribution < -0.4 is 10.2 Å². The van der Waals surface area contributed by atoms with E-state index < -0.39 is 6.23 Å². The monoisotopic (exact) mass is 448 g/mol. The maximum absolute atomic E-state index is 12.1. The lowest BCUT2D eigenvalue weighted by Gasteiger charge is -2.29. The zero-order valence-electron chi connectivity index (χ0n) is 17.8. The Bertz CT molecular complexity index is 1100. The Kier molecular flexibility index (Phi) is 6.83. The molecule has 0 saturated heterocycles. The van der Waals surface area contributed by atoms with Gasteiger partial charge in [-0.3, -0.25) is 14.8 Å². The molecule has 0 radical (unpaired) electrons. The molecule has 6 nitrogen and oxygen atoms in total. The van der Waals surface area contributed by atoms with E-state index in [1.54, 1.807) is 37.7 Å². The molecular formula is C25H25ClN4O2. The van der Waals surface area contributed by atoms with Crippen LogP contribution in [0.3, 0.4) is 0 Å². The topological polar surface area (TPSA) is 78.4 Å². The van der Waals surface area contributed by atoms with Crippen molar-refractivity contribution in [2.45, 2.75) is 26.0 Å². The van der Waals surface area contributed by atoms with Gasteiger partial charge in [-0.15, -0.1) is 0 Å². The van der Waals surface area contributed by atoms with E-state index in [-0.39, 0.29) is 5.91 Å². The number of aliphatic hydroxyl groups is 1. The molecular weight excluding hydrogens is 424 g/mol. The largest absolute Gasteiger partial charge is 0.374 e. The Morgan fingerprint density at radius 2 is 2.12 bits per heavy atom. The van der Waals surface area contributed by atoms with Gasteiger partial charge in [-0.1, -0.05) is 23.7 Å². The summed E-state index contributed by atoms with van der Waals surface area (Å²) in [5.74, 6) is 0.383. The molecule has 1 unspecified atom stereocenters. The first-order valence-electron chi connectivity index (χ1n) is 10.6. The molecule has 164 valence electrons. The zero-order valence-corrected chi connectivity index (χ0v) is 18.5. The minimum Gasteiger partial charge on any atom is -0.374 e. The van der Waals surface area contributed by atoms with Crippen LogP contribution in [0, 0.1) is 5.92 Å². The van der Waals surface area contributed by atoms with Gasteiger partial charge in [-0.25, -0.2) is 0 Å². The van der Waals surface area contributed by atoms with Gasteiger partial charge < -0.3 is 15.3 Å². The number of nitrogens with zero attached hydrogens (tertiary/aromatic N) is 3. The van der Waals surface area contributed by atoms with Crippen molar-refractivity contribution in [3.05, 3.63) is 77.7 Å². The Morgan fingerprint density at radius 3 is 2.75 bits per heavy atom. The van der Waals surface area contributed by atoms with Crippen molar-refractivity contribution >= 4 is 35.0 Å². The maximum atomic E-state index is 12.1. The van der Waals surface area contributed by atoms with Crippen molar-refractivity contribution in [2.24, 2.45) is 5.92 Å². The molecule has 0 aliphatic heterocycles. The van der Waals surface area contributed by atoms with Crippen molar-refractivity contribution in [1.82, 2.24) is 9.97 Å².